The molecule has 2 N–H and O–H groups in total. The van der Waals surface area contributed by atoms with Gasteiger partial charge < -0.3 is 4.74 Å². The van der Waals surface area contributed by atoms with Gasteiger partial charge in [0.1, 0.15) is 17.4 Å². The second kappa shape index (κ2) is 8.50. The van der Waals surface area contributed by atoms with E-state index in [4.69, 9.17) is 4.74 Å². The number of ether oxygens (including phenoxy) is 1. The predicted octanol–water partition coefficient (Wildman–Crippen LogP) is 3.70. The van der Waals surface area contributed by atoms with E-state index < -0.39 is 17.5 Å². The molecule has 2 aromatic rings. The molecule has 0 aromatic heterocycles. The van der Waals surface area contributed by atoms with Gasteiger partial charge >= 0.3 is 0 Å². The van der Waals surface area contributed by atoms with Crippen molar-refractivity contribution in [2.75, 3.05) is 6.61 Å². The number of hydrazine groups is 1. The van der Waals surface area contributed by atoms with Crippen molar-refractivity contribution in [1.82, 2.24) is 10.3 Å². The highest BCUT2D eigenvalue weighted by Crippen LogP contribution is 2.18. The van der Waals surface area contributed by atoms with Crippen LogP contribution in [0.5, 0.6) is 5.75 Å². The summed E-state index contributed by atoms with van der Waals surface area (Å²) in [4.78, 5) is 14.9. The van der Waals surface area contributed by atoms with Crippen molar-refractivity contribution >= 4 is 17.9 Å². The standard InChI is InChI=1S/C16H16F2N2O2S/c1-2-7-22-13-9-11(8-12(17)10-13)16(21)19-20-23-15-6-4-3-5-14(15)18/h3-6,8-10,20H,2,7H2,1H3,(H,19,21). The Morgan fingerprint density at radius 3 is 2.74 bits per heavy atom. The van der Waals surface area contributed by atoms with E-state index in [0.29, 0.717) is 17.3 Å². The number of rotatable bonds is 7. The maximum atomic E-state index is 13.5. The number of carbonyl (C=O) groups is 1. The molecule has 23 heavy (non-hydrogen) atoms. The van der Waals surface area contributed by atoms with Gasteiger partial charge in [0.05, 0.1) is 11.5 Å². The molecule has 0 aliphatic rings. The van der Waals surface area contributed by atoms with Crippen molar-refractivity contribution < 1.29 is 18.3 Å². The molecule has 0 radical (unpaired) electrons. The number of benzene rings is 2. The van der Waals surface area contributed by atoms with E-state index in [1.54, 1.807) is 18.2 Å². The van der Waals surface area contributed by atoms with Crippen LogP contribution in [-0.2, 0) is 0 Å². The Balaban J connectivity index is 1.95. The van der Waals surface area contributed by atoms with E-state index >= 15 is 0 Å². The third-order valence-electron chi connectivity index (χ3n) is 2.77. The molecule has 4 nitrogen and oxygen atoms in total. The Hall–Kier alpha value is -2.12. The van der Waals surface area contributed by atoms with Crippen LogP contribution in [0.2, 0.25) is 0 Å². The minimum absolute atomic E-state index is 0.109. The van der Waals surface area contributed by atoms with Crippen molar-refractivity contribution in [1.29, 1.82) is 0 Å². The van der Waals surface area contributed by atoms with Crippen LogP contribution in [0.15, 0.2) is 47.4 Å². The Morgan fingerprint density at radius 2 is 2.00 bits per heavy atom. The zero-order valence-corrected chi connectivity index (χ0v) is 13.3. The largest absolute Gasteiger partial charge is 0.493 e. The molecule has 0 spiro atoms. The van der Waals surface area contributed by atoms with E-state index in [9.17, 15) is 13.6 Å². The van der Waals surface area contributed by atoms with Crippen LogP contribution in [0.25, 0.3) is 0 Å². The first-order chi connectivity index (χ1) is 11.1. The average molecular weight is 338 g/mol. The minimum atomic E-state index is -0.564. The molecule has 0 fully saturated rings. The lowest BCUT2D eigenvalue weighted by atomic mass is 10.2. The molecule has 7 heteroatoms. The molecular formula is C16H16F2N2O2S. The maximum absolute atomic E-state index is 13.5. The molecule has 2 aromatic carbocycles. The number of hydrogen-bond donors (Lipinski definition) is 2. The molecular weight excluding hydrogens is 322 g/mol. The first kappa shape index (κ1) is 17.2. The fourth-order valence-corrected chi connectivity index (χ4v) is 2.29. The Labute approximate surface area is 137 Å². The van der Waals surface area contributed by atoms with Gasteiger partial charge in [0.25, 0.3) is 5.91 Å². The van der Waals surface area contributed by atoms with E-state index in [-0.39, 0.29) is 5.56 Å². The molecule has 122 valence electrons. The SMILES string of the molecule is CCCOc1cc(F)cc(C(=O)NNSc2ccccc2F)c1. The fourth-order valence-electron chi connectivity index (χ4n) is 1.72. The second-order valence-electron chi connectivity index (χ2n) is 4.61. The van der Waals surface area contributed by atoms with E-state index in [1.165, 1.54) is 18.2 Å². The molecule has 0 saturated carbocycles. The van der Waals surface area contributed by atoms with Gasteiger partial charge in [-0.1, -0.05) is 19.1 Å². The highest BCUT2D eigenvalue weighted by molar-refractivity contribution is 7.97. The van der Waals surface area contributed by atoms with Crippen LogP contribution in [0.3, 0.4) is 0 Å². The minimum Gasteiger partial charge on any atom is -0.493 e. The van der Waals surface area contributed by atoms with Crippen LogP contribution in [0.1, 0.15) is 23.7 Å². The van der Waals surface area contributed by atoms with Gasteiger partial charge in [-0.25, -0.2) is 8.78 Å². The van der Waals surface area contributed by atoms with Gasteiger partial charge in [-0.3, -0.25) is 10.2 Å². The summed E-state index contributed by atoms with van der Waals surface area (Å²) < 4.78 is 32.3. The lowest BCUT2D eigenvalue weighted by Gasteiger charge is -2.09. The van der Waals surface area contributed by atoms with Crippen molar-refractivity contribution in [3.8, 4) is 5.75 Å². The van der Waals surface area contributed by atoms with Crippen molar-refractivity contribution in [2.45, 2.75) is 18.2 Å². The topological polar surface area (TPSA) is 50.4 Å². The second-order valence-corrected chi connectivity index (χ2v) is 5.46. The fraction of sp³-hybridized carbons (Fsp3) is 0.188. The Bertz CT molecular complexity index is 683. The van der Waals surface area contributed by atoms with Gasteiger partial charge in [-0.2, -0.15) is 4.83 Å². The van der Waals surface area contributed by atoms with Crippen molar-refractivity contribution in [3.05, 3.63) is 59.7 Å². The zero-order chi connectivity index (χ0) is 16.7. The van der Waals surface area contributed by atoms with Crippen LogP contribution < -0.4 is 15.0 Å². The van der Waals surface area contributed by atoms with Gasteiger partial charge in [-0.15, -0.1) is 0 Å². The normalized spacial score (nSPS) is 10.4. The molecule has 0 aliphatic heterocycles. The van der Waals surface area contributed by atoms with E-state index in [0.717, 1.165) is 24.4 Å². The summed E-state index contributed by atoms with van der Waals surface area (Å²) in [5, 5.41) is 0. The highest BCUT2D eigenvalue weighted by atomic mass is 32.2. The number of amides is 1. The summed E-state index contributed by atoms with van der Waals surface area (Å²) >= 11 is 0.910. The summed E-state index contributed by atoms with van der Waals surface area (Å²) in [6.07, 6.45) is 0.777. The molecule has 0 unspecified atom stereocenters. The van der Waals surface area contributed by atoms with Crippen LogP contribution in [-0.4, -0.2) is 12.5 Å². The maximum Gasteiger partial charge on any atom is 0.266 e. The quantitative estimate of drug-likeness (QED) is 0.597. The third-order valence-corrected chi connectivity index (χ3v) is 3.52. The first-order valence-corrected chi connectivity index (χ1v) is 7.82. The van der Waals surface area contributed by atoms with Crippen LogP contribution in [0, 0.1) is 11.6 Å². The highest BCUT2D eigenvalue weighted by Gasteiger charge is 2.10. The van der Waals surface area contributed by atoms with E-state index in [1.807, 2.05) is 6.92 Å². The monoisotopic (exact) mass is 338 g/mol. The average Bonchev–Trinajstić information content (AvgIpc) is 2.54. The van der Waals surface area contributed by atoms with Gasteiger partial charge in [0, 0.05) is 11.6 Å². The van der Waals surface area contributed by atoms with E-state index in [2.05, 4.69) is 10.3 Å². The number of carbonyl (C=O) groups excluding carboxylic acids is 1. The summed E-state index contributed by atoms with van der Waals surface area (Å²) in [5.74, 6) is -1.22. The lowest BCUT2D eigenvalue weighted by molar-refractivity contribution is 0.0946. The number of halogens is 2. The molecule has 0 aliphatic carbocycles. The third kappa shape index (κ3) is 5.22. The lowest BCUT2D eigenvalue weighted by Crippen LogP contribution is -2.32. The van der Waals surface area contributed by atoms with Crippen molar-refractivity contribution in [2.24, 2.45) is 0 Å². The molecule has 0 atom stereocenters. The predicted molar refractivity (Wildman–Crippen MR) is 85.0 cm³/mol. The summed E-state index contributed by atoms with van der Waals surface area (Å²) in [5.41, 5.74) is 2.48. The van der Waals surface area contributed by atoms with Crippen LogP contribution >= 0.6 is 11.9 Å². The molecule has 0 saturated heterocycles. The number of nitrogens with one attached hydrogen (secondary N) is 2. The number of hydrogen-bond acceptors (Lipinski definition) is 4. The van der Waals surface area contributed by atoms with Crippen molar-refractivity contribution in [3.63, 3.8) is 0 Å². The molecule has 1 amide bonds. The Kier molecular flexibility index (Phi) is 6.37. The zero-order valence-electron chi connectivity index (χ0n) is 12.4. The smallest absolute Gasteiger partial charge is 0.266 e. The van der Waals surface area contributed by atoms with Gasteiger partial charge in [0.15, 0.2) is 0 Å². The summed E-state index contributed by atoms with van der Waals surface area (Å²) in [6, 6.07) is 9.90. The molecule has 2 rings (SSSR count). The van der Waals surface area contributed by atoms with Gasteiger partial charge in [0.2, 0.25) is 0 Å². The first-order valence-electron chi connectivity index (χ1n) is 7.00. The van der Waals surface area contributed by atoms with Gasteiger partial charge in [-0.05, 0) is 42.6 Å². The summed E-state index contributed by atoms with van der Waals surface area (Å²) in [6.45, 7) is 2.36. The molecule has 0 bridgehead atoms. The molecule has 0 heterocycles. The summed E-state index contributed by atoms with van der Waals surface area (Å²) in [7, 11) is 0. The van der Waals surface area contributed by atoms with Crippen LogP contribution in [0.4, 0.5) is 8.78 Å². The Morgan fingerprint density at radius 1 is 1.22 bits per heavy atom.